The van der Waals surface area contributed by atoms with Crippen LogP contribution in [0.25, 0.3) is 83.7 Å². The highest BCUT2D eigenvalue weighted by molar-refractivity contribution is 6.13. The van der Waals surface area contributed by atoms with Crippen LogP contribution in [0.4, 0.5) is 0 Å². The molecular formula is C41H28N6. The molecule has 0 aliphatic heterocycles. The quantitative estimate of drug-likeness (QED) is 0.196. The minimum Gasteiger partial charge on any atom is -0.327 e. The molecule has 5 heterocycles. The third-order valence-corrected chi connectivity index (χ3v) is 8.90. The molecule has 6 nitrogen and oxygen atoms in total. The first-order chi connectivity index (χ1) is 23.2. The summed E-state index contributed by atoms with van der Waals surface area (Å²) < 4.78 is 4.53. The first-order valence-corrected chi connectivity index (χ1v) is 15.6. The molecule has 0 unspecified atom stereocenters. The Bertz CT molecular complexity index is 2570. The first-order valence-electron chi connectivity index (χ1n) is 15.6. The summed E-state index contributed by atoms with van der Waals surface area (Å²) in [6, 6.07) is 46.2. The maximum Gasteiger partial charge on any atom is 0.141 e. The third kappa shape index (κ3) is 4.50. The summed E-state index contributed by atoms with van der Waals surface area (Å²) in [5.41, 5.74) is 12.2. The van der Waals surface area contributed by atoms with Crippen LogP contribution in [0.3, 0.4) is 0 Å². The van der Waals surface area contributed by atoms with E-state index in [1.54, 1.807) is 0 Å². The van der Waals surface area contributed by atoms with Gasteiger partial charge in [0.15, 0.2) is 0 Å². The molecule has 6 heteroatoms. The Morgan fingerprint density at radius 3 is 1.83 bits per heavy atom. The topological polar surface area (TPSA) is 61.4 Å². The molecule has 0 fully saturated rings. The molecule has 0 saturated carbocycles. The predicted octanol–water partition coefficient (Wildman–Crippen LogP) is 9.52. The highest BCUT2D eigenvalue weighted by atomic mass is 15.1. The van der Waals surface area contributed by atoms with Crippen molar-refractivity contribution in [1.29, 1.82) is 0 Å². The number of pyridine rings is 3. The van der Waals surface area contributed by atoms with E-state index in [2.05, 4.69) is 111 Å². The summed E-state index contributed by atoms with van der Waals surface area (Å²) >= 11 is 0. The van der Waals surface area contributed by atoms with Gasteiger partial charge in [-0.25, -0.2) is 4.98 Å². The van der Waals surface area contributed by atoms with Gasteiger partial charge in [-0.15, -0.1) is 0 Å². The average molecular weight is 605 g/mol. The Hall–Kier alpha value is -6.40. The molecular weight excluding hydrogens is 576 g/mol. The Labute approximate surface area is 271 Å². The molecule has 9 aromatic rings. The van der Waals surface area contributed by atoms with Crippen molar-refractivity contribution in [2.75, 3.05) is 0 Å². The average Bonchev–Trinajstić information content (AvgIpc) is 3.65. The van der Waals surface area contributed by atoms with E-state index in [0.717, 1.165) is 83.7 Å². The minimum atomic E-state index is 0.891. The zero-order valence-corrected chi connectivity index (χ0v) is 25.6. The molecule has 0 spiro atoms. The van der Waals surface area contributed by atoms with E-state index in [1.807, 2.05) is 67.1 Å². The molecule has 0 amide bonds. The van der Waals surface area contributed by atoms with Crippen molar-refractivity contribution >= 4 is 32.8 Å². The van der Waals surface area contributed by atoms with E-state index >= 15 is 0 Å². The highest BCUT2D eigenvalue weighted by Crippen LogP contribution is 2.41. The van der Waals surface area contributed by atoms with Gasteiger partial charge in [0.05, 0.1) is 39.1 Å². The Balaban J connectivity index is 1.39. The number of nitrogens with zero attached hydrogens (tertiary/aromatic N) is 6. The van der Waals surface area contributed by atoms with Crippen LogP contribution in [-0.4, -0.2) is 29.1 Å². The molecule has 4 aromatic carbocycles. The van der Waals surface area contributed by atoms with Gasteiger partial charge in [-0.05, 0) is 84.9 Å². The van der Waals surface area contributed by atoms with Gasteiger partial charge in [-0.2, -0.15) is 0 Å². The second-order valence-corrected chi connectivity index (χ2v) is 11.7. The number of rotatable bonds is 5. The second kappa shape index (κ2) is 10.9. The lowest BCUT2D eigenvalue weighted by Crippen LogP contribution is -1.98. The molecule has 0 atom stereocenters. The summed E-state index contributed by atoms with van der Waals surface area (Å²) in [7, 11) is 2.09. The molecule has 0 radical (unpaired) electrons. The van der Waals surface area contributed by atoms with Gasteiger partial charge in [-0.3, -0.25) is 15.0 Å². The monoisotopic (exact) mass is 604 g/mol. The lowest BCUT2D eigenvalue weighted by Gasteiger charge is -2.13. The van der Waals surface area contributed by atoms with Crippen LogP contribution in [0.5, 0.6) is 0 Å². The standard InChI is InChI=1S/C41H28N6/c1-46-39-17-3-2-16-37(39)45-41(46)33-26-40-32(25-30(33)36-15-6-9-22-44-36)31-24-28(35-14-5-8-21-43-35)18-19-38(31)47(40)29-12-10-11-27(23-29)34-13-4-7-20-42-34/h2-26H,1H3. The number of imidazole rings is 1. The van der Waals surface area contributed by atoms with Crippen LogP contribution in [0.15, 0.2) is 152 Å². The highest BCUT2D eigenvalue weighted by Gasteiger charge is 2.21. The molecule has 222 valence electrons. The van der Waals surface area contributed by atoms with Crippen LogP contribution in [0.2, 0.25) is 0 Å². The van der Waals surface area contributed by atoms with E-state index in [4.69, 9.17) is 9.97 Å². The fourth-order valence-corrected chi connectivity index (χ4v) is 6.68. The van der Waals surface area contributed by atoms with Crippen LogP contribution >= 0.6 is 0 Å². The van der Waals surface area contributed by atoms with Crippen molar-refractivity contribution in [3.8, 4) is 50.8 Å². The Kier molecular flexibility index (Phi) is 6.25. The van der Waals surface area contributed by atoms with Gasteiger partial charge in [-0.1, -0.05) is 48.5 Å². The Morgan fingerprint density at radius 2 is 1.13 bits per heavy atom. The van der Waals surface area contributed by atoms with Crippen molar-refractivity contribution in [2.24, 2.45) is 7.05 Å². The van der Waals surface area contributed by atoms with Crippen LogP contribution in [0.1, 0.15) is 0 Å². The maximum absolute atomic E-state index is 5.15. The number of hydrogen-bond acceptors (Lipinski definition) is 4. The molecule has 0 bridgehead atoms. The number of para-hydroxylation sites is 2. The predicted molar refractivity (Wildman–Crippen MR) is 190 cm³/mol. The normalized spacial score (nSPS) is 11.5. The summed E-state index contributed by atoms with van der Waals surface area (Å²) in [6.45, 7) is 0. The lowest BCUT2D eigenvalue weighted by atomic mass is 9.98. The third-order valence-electron chi connectivity index (χ3n) is 8.90. The van der Waals surface area contributed by atoms with E-state index in [9.17, 15) is 0 Å². The van der Waals surface area contributed by atoms with Gasteiger partial charge in [0.25, 0.3) is 0 Å². The van der Waals surface area contributed by atoms with Crippen LogP contribution in [-0.2, 0) is 7.05 Å². The molecule has 5 aromatic heterocycles. The number of aromatic nitrogens is 6. The second-order valence-electron chi connectivity index (χ2n) is 11.7. The van der Waals surface area contributed by atoms with Gasteiger partial charge < -0.3 is 9.13 Å². The zero-order valence-electron chi connectivity index (χ0n) is 25.6. The number of aryl methyl sites for hydroxylation is 1. The van der Waals surface area contributed by atoms with Crippen molar-refractivity contribution in [3.05, 3.63) is 152 Å². The van der Waals surface area contributed by atoms with Crippen molar-refractivity contribution in [3.63, 3.8) is 0 Å². The summed E-state index contributed by atoms with van der Waals surface area (Å²) in [4.78, 5) is 19.3. The maximum atomic E-state index is 5.15. The van der Waals surface area contributed by atoms with Gasteiger partial charge >= 0.3 is 0 Å². The fraction of sp³-hybridized carbons (Fsp3) is 0.0244. The molecule has 9 rings (SSSR count). The van der Waals surface area contributed by atoms with Gasteiger partial charge in [0, 0.05) is 64.4 Å². The SMILES string of the molecule is Cn1c(-c2cc3c(cc2-c2ccccn2)c2cc(-c4ccccn4)ccc2n3-c2cccc(-c3ccccn3)c2)nc2ccccc21. The molecule has 47 heavy (non-hydrogen) atoms. The smallest absolute Gasteiger partial charge is 0.141 e. The van der Waals surface area contributed by atoms with E-state index in [-0.39, 0.29) is 0 Å². The zero-order chi connectivity index (χ0) is 31.3. The number of benzene rings is 4. The Morgan fingerprint density at radius 1 is 0.468 bits per heavy atom. The fourth-order valence-electron chi connectivity index (χ4n) is 6.68. The first kappa shape index (κ1) is 27.0. The van der Waals surface area contributed by atoms with E-state index in [1.165, 1.54) is 0 Å². The number of hydrogen-bond donors (Lipinski definition) is 0. The molecule has 0 aliphatic carbocycles. The summed E-state index contributed by atoms with van der Waals surface area (Å²) in [5.74, 6) is 0.891. The van der Waals surface area contributed by atoms with Gasteiger partial charge in [0.2, 0.25) is 0 Å². The number of fused-ring (bicyclic) bond motifs is 4. The van der Waals surface area contributed by atoms with E-state index < -0.39 is 0 Å². The molecule has 0 aliphatic rings. The van der Waals surface area contributed by atoms with E-state index in [0.29, 0.717) is 0 Å². The lowest BCUT2D eigenvalue weighted by molar-refractivity contribution is 0.959. The van der Waals surface area contributed by atoms with Crippen molar-refractivity contribution < 1.29 is 0 Å². The summed E-state index contributed by atoms with van der Waals surface area (Å²) in [5, 5.41) is 2.27. The van der Waals surface area contributed by atoms with Crippen molar-refractivity contribution in [2.45, 2.75) is 0 Å². The molecule has 0 saturated heterocycles. The molecule has 0 N–H and O–H groups in total. The summed E-state index contributed by atoms with van der Waals surface area (Å²) in [6.07, 6.45) is 5.53. The van der Waals surface area contributed by atoms with Gasteiger partial charge in [0.1, 0.15) is 5.82 Å². The van der Waals surface area contributed by atoms with Crippen LogP contribution in [0, 0.1) is 0 Å². The van der Waals surface area contributed by atoms with Crippen LogP contribution < -0.4 is 0 Å². The largest absolute Gasteiger partial charge is 0.327 e. The minimum absolute atomic E-state index is 0.891. The van der Waals surface area contributed by atoms with Crippen molar-refractivity contribution in [1.82, 2.24) is 29.1 Å².